The quantitative estimate of drug-likeness (QED) is 0.564. The largest absolute Gasteiger partial charge is 0.271 e. The van der Waals surface area contributed by atoms with Crippen molar-refractivity contribution in [1.82, 2.24) is 5.43 Å². The summed E-state index contributed by atoms with van der Waals surface area (Å²) in [6, 6.07) is 17.5. The van der Waals surface area contributed by atoms with E-state index in [1.54, 1.807) is 11.3 Å². The van der Waals surface area contributed by atoms with E-state index in [2.05, 4.69) is 59.3 Å². The van der Waals surface area contributed by atoms with Crippen LogP contribution in [-0.2, 0) is 6.42 Å². The zero-order valence-corrected chi connectivity index (χ0v) is 13.1. The number of fused-ring (bicyclic) bond motifs is 2. The van der Waals surface area contributed by atoms with E-state index >= 15 is 0 Å². The molecule has 0 amide bonds. The van der Waals surface area contributed by atoms with Crippen molar-refractivity contribution in [2.45, 2.75) is 22.6 Å². The van der Waals surface area contributed by atoms with Crippen molar-refractivity contribution in [3.63, 3.8) is 0 Å². The number of thiophene rings is 1. The van der Waals surface area contributed by atoms with Crippen LogP contribution in [-0.4, -0.2) is 5.25 Å². The van der Waals surface area contributed by atoms with Gasteiger partial charge in [0.1, 0.15) is 0 Å². The molecule has 0 aliphatic carbocycles. The first-order chi connectivity index (χ1) is 10.4. The average molecular weight is 312 g/mol. The van der Waals surface area contributed by atoms with Crippen LogP contribution in [0.5, 0.6) is 0 Å². The maximum absolute atomic E-state index is 5.92. The normalized spacial score (nSPS) is 18.8. The number of hydrogen-bond donors (Lipinski definition) is 2. The van der Waals surface area contributed by atoms with Gasteiger partial charge >= 0.3 is 0 Å². The lowest BCUT2D eigenvalue weighted by atomic mass is 9.98. The van der Waals surface area contributed by atoms with Crippen molar-refractivity contribution in [2.24, 2.45) is 5.84 Å². The molecular formula is C17H16N2S2. The lowest BCUT2D eigenvalue weighted by Gasteiger charge is -2.23. The van der Waals surface area contributed by atoms with E-state index in [4.69, 9.17) is 5.84 Å². The fourth-order valence-electron chi connectivity index (χ4n) is 3.05. The molecule has 0 spiro atoms. The monoisotopic (exact) mass is 312 g/mol. The third-order valence-electron chi connectivity index (χ3n) is 4.07. The highest BCUT2D eigenvalue weighted by Crippen LogP contribution is 2.43. The van der Waals surface area contributed by atoms with Gasteiger partial charge in [0.05, 0.1) is 6.04 Å². The number of thioether (sulfide) groups is 1. The summed E-state index contributed by atoms with van der Waals surface area (Å²) < 4.78 is 1.34. The number of benzene rings is 2. The molecule has 2 atom stereocenters. The summed E-state index contributed by atoms with van der Waals surface area (Å²) in [5, 5.41) is 3.90. The number of rotatable bonds is 3. The van der Waals surface area contributed by atoms with Crippen LogP contribution < -0.4 is 11.3 Å². The van der Waals surface area contributed by atoms with Crippen LogP contribution in [0.2, 0.25) is 0 Å². The molecule has 2 unspecified atom stereocenters. The molecule has 3 N–H and O–H groups in total. The molecular weight excluding hydrogens is 296 g/mol. The molecule has 2 heterocycles. The topological polar surface area (TPSA) is 38.0 Å². The van der Waals surface area contributed by atoms with Gasteiger partial charge in [-0.25, -0.2) is 0 Å². The van der Waals surface area contributed by atoms with Crippen LogP contribution >= 0.6 is 23.1 Å². The standard InChI is InChI=1S/C17H16N2S2/c18-19-16(13-6-3-5-11-8-9-20-17(11)13)15-10-12-4-1-2-7-14(12)21-15/h1-9,15-16,19H,10,18H2. The molecule has 0 saturated carbocycles. The van der Waals surface area contributed by atoms with E-state index < -0.39 is 0 Å². The van der Waals surface area contributed by atoms with E-state index in [0.29, 0.717) is 5.25 Å². The van der Waals surface area contributed by atoms with Gasteiger partial charge in [-0.3, -0.25) is 11.3 Å². The van der Waals surface area contributed by atoms with Crippen molar-refractivity contribution < 1.29 is 0 Å². The summed E-state index contributed by atoms with van der Waals surface area (Å²) in [4.78, 5) is 1.39. The molecule has 2 aromatic carbocycles. The average Bonchev–Trinajstić information content (AvgIpc) is 3.14. The number of hydrazine groups is 1. The van der Waals surface area contributed by atoms with Crippen LogP contribution in [0.4, 0.5) is 0 Å². The molecule has 2 nitrogen and oxygen atoms in total. The molecule has 4 heteroatoms. The minimum absolute atomic E-state index is 0.171. The molecule has 0 radical (unpaired) electrons. The van der Waals surface area contributed by atoms with Crippen molar-refractivity contribution in [3.8, 4) is 0 Å². The fourth-order valence-corrected chi connectivity index (χ4v) is 5.42. The Balaban J connectivity index is 1.72. The second kappa shape index (κ2) is 5.46. The van der Waals surface area contributed by atoms with Gasteiger partial charge < -0.3 is 0 Å². The smallest absolute Gasteiger partial charge is 0.0599 e. The third-order valence-corrected chi connectivity index (χ3v) is 6.44. The first-order valence-corrected chi connectivity index (χ1v) is 8.79. The Bertz CT molecular complexity index is 756. The summed E-state index contributed by atoms with van der Waals surface area (Å²) >= 11 is 3.73. The lowest BCUT2D eigenvalue weighted by molar-refractivity contribution is 0.537. The van der Waals surface area contributed by atoms with Crippen LogP contribution in [0, 0.1) is 0 Å². The number of nitrogens with one attached hydrogen (secondary N) is 1. The molecule has 1 aliphatic heterocycles. The van der Waals surface area contributed by atoms with Gasteiger partial charge in [0.15, 0.2) is 0 Å². The zero-order valence-electron chi connectivity index (χ0n) is 11.5. The number of nitrogens with two attached hydrogens (primary N) is 1. The first-order valence-electron chi connectivity index (χ1n) is 7.03. The Morgan fingerprint density at radius 1 is 1.10 bits per heavy atom. The van der Waals surface area contributed by atoms with Crippen LogP contribution in [0.25, 0.3) is 10.1 Å². The van der Waals surface area contributed by atoms with E-state index in [-0.39, 0.29) is 6.04 Å². The van der Waals surface area contributed by atoms with Crippen molar-refractivity contribution in [1.29, 1.82) is 0 Å². The van der Waals surface area contributed by atoms with E-state index in [1.165, 1.54) is 26.1 Å². The van der Waals surface area contributed by atoms with Crippen molar-refractivity contribution >= 4 is 33.2 Å². The maximum Gasteiger partial charge on any atom is 0.0599 e. The Labute approximate surface area is 132 Å². The van der Waals surface area contributed by atoms with Crippen molar-refractivity contribution in [2.75, 3.05) is 0 Å². The Hall–Kier alpha value is -1.33. The van der Waals surface area contributed by atoms with Crippen LogP contribution in [0.1, 0.15) is 17.2 Å². The van der Waals surface area contributed by atoms with E-state index in [1.807, 2.05) is 11.8 Å². The van der Waals surface area contributed by atoms with Gasteiger partial charge in [-0.1, -0.05) is 36.4 Å². The molecule has 0 fully saturated rings. The third kappa shape index (κ3) is 2.28. The second-order valence-electron chi connectivity index (χ2n) is 5.30. The second-order valence-corrected chi connectivity index (χ2v) is 7.50. The molecule has 21 heavy (non-hydrogen) atoms. The van der Waals surface area contributed by atoms with Gasteiger partial charge in [-0.05, 0) is 40.4 Å². The molecule has 106 valence electrons. The molecule has 0 bridgehead atoms. The predicted octanol–water partition coefficient (Wildman–Crippen LogP) is 4.12. The van der Waals surface area contributed by atoms with Gasteiger partial charge in [0.25, 0.3) is 0 Å². The van der Waals surface area contributed by atoms with Gasteiger partial charge in [-0.2, -0.15) is 0 Å². The summed E-state index contributed by atoms with van der Waals surface area (Å²) in [6.07, 6.45) is 1.07. The van der Waals surface area contributed by atoms with Crippen LogP contribution in [0.3, 0.4) is 0 Å². The Morgan fingerprint density at radius 2 is 2.00 bits per heavy atom. The SMILES string of the molecule is NNC(c1cccc2ccsc12)C1Cc2ccccc2S1. The summed E-state index contributed by atoms with van der Waals surface area (Å²) in [5.41, 5.74) is 5.81. The summed E-state index contributed by atoms with van der Waals surface area (Å²) in [5.74, 6) is 5.92. The lowest BCUT2D eigenvalue weighted by Crippen LogP contribution is -2.35. The van der Waals surface area contributed by atoms with Crippen molar-refractivity contribution in [3.05, 3.63) is 65.0 Å². The zero-order chi connectivity index (χ0) is 14.2. The Kier molecular flexibility index (Phi) is 3.47. The van der Waals surface area contributed by atoms with E-state index in [0.717, 1.165) is 6.42 Å². The Morgan fingerprint density at radius 3 is 2.86 bits per heavy atom. The minimum Gasteiger partial charge on any atom is -0.271 e. The van der Waals surface area contributed by atoms with Gasteiger partial charge in [-0.15, -0.1) is 23.1 Å². The highest BCUT2D eigenvalue weighted by molar-refractivity contribution is 8.00. The number of hydrogen-bond acceptors (Lipinski definition) is 4. The molecule has 4 rings (SSSR count). The highest BCUT2D eigenvalue weighted by atomic mass is 32.2. The molecule has 0 saturated heterocycles. The minimum atomic E-state index is 0.171. The molecule has 3 aromatic rings. The summed E-state index contributed by atoms with van der Waals surface area (Å²) in [7, 11) is 0. The molecule has 1 aromatic heterocycles. The predicted molar refractivity (Wildman–Crippen MR) is 91.7 cm³/mol. The fraction of sp³-hybridized carbons (Fsp3) is 0.176. The highest BCUT2D eigenvalue weighted by Gasteiger charge is 2.30. The summed E-state index contributed by atoms with van der Waals surface area (Å²) in [6.45, 7) is 0. The van der Waals surface area contributed by atoms with Crippen LogP contribution in [0.15, 0.2) is 58.8 Å². The van der Waals surface area contributed by atoms with E-state index in [9.17, 15) is 0 Å². The first kappa shape index (κ1) is 13.3. The molecule has 1 aliphatic rings. The van der Waals surface area contributed by atoms with Gasteiger partial charge in [0, 0.05) is 14.8 Å². The van der Waals surface area contributed by atoms with Gasteiger partial charge in [0.2, 0.25) is 0 Å². The maximum atomic E-state index is 5.92.